The lowest BCUT2D eigenvalue weighted by molar-refractivity contribution is -0.120. The fourth-order valence-electron chi connectivity index (χ4n) is 3.99. The predicted molar refractivity (Wildman–Crippen MR) is 128 cm³/mol. The van der Waals surface area contributed by atoms with Gasteiger partial charge in [0.1, 0.15) is 5.82 Å². The molecule has 6 heteroatoms. The first kappa shape index (κ1) is 20.9. The van der Waals surface area contributed by atoms with E-state index < -0.39 is 0 Å². The molecule has 33 heavy (non-hydrogen) atoms. The number of hydrogen-bond acceptors (Lipinski definition) is 3. The maximum Gasteiger partial charge on any atom is 0.350 e. The van der Waals surface area contributed by atoms with Crippen molar-refractivity contribution in [1.82, 2.24) is 19.7 Å². The molecule has 1 fully saturated rings. The Morgan fingerprint density at radius 2 is 1.52 bits per heavy atom. The highest BCUT2D eigenvalue weighted by atomic mass is 16.2. The van der Waals surface area contributed by atoms with Crippen LogP contribution in [0.3, 0.4) is 0 Å². The van der Waals surface area contributed by atoms with Crippen LogP contribution in [0.1, 0.15) is 30.1 Å². The Morgan fingerprint density at radius 3 is 2.18 bits per heavy atom. The van der Waals surface area contributed by atoms with Crippen molar-refractivity contribution in [3.63, 3.8) is 0 Å². The topological polar surface area (TPSA) is 68.9 Å². The third-order valence-electron chi connectivity index (χ3n) is 5.89. The predicted octanol–water partition coefficient (Wildman–Crippen LogP) is 3.94. The summed E-state index contributed by atoms with van der Waals surface area (Å²) in [6.45, 7) is 0.702. The molecule has 0 bridgehead atoms. The van der Waals surface area contributed by atoms with Gasteiger partial charge in [0, 0.05) is 12.5 Å². The summed E-state index contributed by atoms with van der Waals surface area (Å²) >= 11 is 0. The number of hydrogen-bond donors (Lipinski definition) is 1. The van der Waals surface area contributed by atoms with Gasteiger partial charge in [-0.1, -0.05) is 72.8 Å². The molecule has 0 radical (unpaired) electrons. The highest BCUT2D eigenvalue weighted by Gasteiger charge is 2.31. The lowest BCUT2D eigenvalue weighted by atomic mass is 10.0. The summed E-state index contributed by atoms with van der Waals surface area (Å²) in [6, 6.07) is 27.8. The van der Waals surface area contributed by atoms with Crippen LogP contribution in [-0.4, -0.2) is 26.8 Å². The first-order valence-electron chi connectivity index (χ1n) is 11.4. The molecule has 5 rings (SSSR count). The maximum absolute atomic E-state index is 13.0. The van der Waals surface area contributed by atoms with E-state index in [2.05, 4.69) is 22.5 Å². The lowest BCUT2D eigenvalue weighted by Gasteiger charge is -2.06. The maximum atomic E-state index is 13.0. The van der Waals surface area contributed by atoms with E-state index in [4.69, 9.17) is 0 Å². The van der Waals surface area contributed by atoms with Crippen LogP contribution in [0.5, 0.6) is 0 Å². The zero-order valence-corrected chi connectivity index (χ0v) is 18.4. The van der Waals surface area contributed by atoms with Crippen molar-refractivity contribution >= 4 is 5.91 Å². The summed E-state index contributed by atoms with van der Waals surface area (Å²) < 4.78 is 3.17. The number of benzene rings is 3. The van der Waals surface area contributed by atoms with Gasteiger partial charge in [-0.3, -0.25) is 4.79 Å². The standard InChI is InChI=1S/C27H26N4O2/c32-25(19-20-11-13-22(14-12-20)21-7-3-1-4-8-21)28-17-18-30-27(33)31(24-9-5-2-6-10-24)26(29-30)23-15-16-23/h1-14,23H,15-19H2,(H,28,32). The molecular weight excluding hydrogens is 412 g/mol. The van der Waals surface area contributed by atoms with Gasteiger partial charge in [-0.2, -0.15) is 5.10 Å². The van der Waals surface area contributed by atoms with Crippen molar-refractivity contribution in [3.05, 3.63) is 107 Å². The summed E-state index contributed by atoms with van der Waals surface area (Å²) in [5, 5.41) is 7.50. The minimum atomic E-state index is -0.158. The third kappa shape index (κ3) is 4.80. The second-order valence-corrected chi connectivity index (χ2v) is 8.40. The molecule has 0 aliphatic heterocycles. The molecule has 6 nitrogen and oxygen atoms in total. The van der Waals surface area contributed by atoms with Crippen LogP contribution in [0.15, 0.2) is 89.7 Å². The molecule has 1 aliphatic carbocycles. The van der Waals surface area contributed by atoms with E-state index in [0.717, 1.165) is 41.0 Å². The van der Waals surface area contributed by atoms with E-state index in [-0.39, 0.29) is 11.6 Å². The summed E-state index contributed by atoms with van der Waals surface area (Å²) in [6.07, 6.45) is 2.42. The van der Waals surface area contributed by atoms with E-state index in [1.54, 1.807) is 4.57 Å². The average Bonchev–Trinajstić information content (AvgIpc) is 3.65. The van der Waals surface area contributed by atoms with E-state index in [9.17, 15) is 9.59 Å². The fraction of sp³-hybridized carbons (Fsp3) is 0.222. The van der Waals surface area contributed by atoms with Crippen molar-refractivity contribution in [2.75, 3.05) is 6.54 Å². The number of nitrogens with zero attached hydrogens (tertiary/aromatic N) is 3. The molecule has 0 unspecified atom stereocenters. The van der Waals surface area contributed by atoms with Crippen LogP contribution in [0.4, 0.5) is 0 Å². The first-order chi connectivity index (χ1) is 16.2. The number of carbonyl (C=O) groups excluding carboxylic acids is 1. The lowest BCUT2D eigenvalue weighted by Crippen LogP contribution is -2.32. The SMILES string of the molecule is O=C(Cc1ccc(-c2ccccc2)cc1)NCCn1nc(C2CC2)n(-c2ccccc2)c1=O. The molecule has 1 aliphatic rings. The molecule has 1 N–H and O–H groups in total. The number of carbonyl (C=O) groups is 1. The Bertz CT molecular complexity index is 1290. The molecule has 4 aromatic rings. The highest BCUT2D eigenvalue weighted by Crippen LogP contribution is 2.39. The van der Waals surface area contributed by atoms with Crippen LogP contribution >= 0.6 is 0 Å². The zero-order chi connectivity index (χ0) is 22.6. The van der Waals surface area contributed by atoms with Crippen molar-refractivity contribution in [2.24, 2.45) is 0 Å². The van der Waals surface area contributed by atoms with Crippen LogP contribution in [-0.2, 0) is 17.8 Å². The van der Waals surface area contributed by atoms with Crippen molar-refractivity contribution in [1.29, 1.82) is 0 Å². The number of amides is 1. The second kappa shape index (κ2) is 9.28. The van der Waals surface area contributed by atoms with Crippen LogP contribution < -0.4 is 11.0 Å². The molecule has 3 aromatic carbocycles. The average molecular weight is 439 g/mol. The summed E-state index contributed by atoms with van der Waals surface area (Å²) in [5.74, 6) is 1.09. The monoisotopic (exact) mass is 438 g/mol. The first-order valence-corrected chi connectivity index (χ1v) is 11.4. The molecule has 1 amide bonds. The normalized spacial score (nSPS) is 13.1. The number of rotatable bonds is 8. The van der Waals surface area contributed by atoms with Gasteiger partial charge in [-0.15, -0.1) is 0 Å². The van der Waals surface area contributed by atoms with Crippen LogP contribution in [0, 0.1) is 0 Å². The van der Waals surface area contributed by atoms with E-state index in [1.807, 2.05) is 72.8 Å². The molecule has 1 saturated carbocycles. The molecular formula is C27H26N4O2. The molecule has 1 heterocycles. The smallest absolute Gasteiger partial charge is 0.350 e. The molecule has 166 valence electrons. The van der Waals surface area contributed by atoms with Gasteiger partial charge in [-0.05, 0) is 41.7 Å². The van der Waals surface area contributed by atoms with Gasteiger partial charge < -0.3 is 5.32 Å². The van der Waals surface area contributed by atoms with Crippen LogP contribution in [0.25, 0.3) is 16.8 Å². The van der Waals surface area contributed by atoms with Crippen molar-refractivity contribution in [3.8, 4) is 16.8 Å². The Hall–Kier alpha value is -3.93. The molecule has 0 atom stereocenters. The third-order valence-corrected chi connectivity index (χ3v) is 5.89. The summed E-state index contributed by atoms with van der Waals surface area (Å²) in [7, 11) is 0. The summed E-state index contributed by atoms with van der Waals surface area (Å²) in [4.78, 5) is 25.4. The zero-order valence-electron chi connectivity index (χ0n) is 18.4. The number of nitrogens with one attached hydrogen (secondary N) is 1. The van der Waals surface area contributed by atoms with Gasteiger partial charge >= 0.3 is 5.69 Å². The minimum absolute atomic E-state index is 0.0691. The number of aromatic nitrogens is 3. The van der Waals surface area contributed by atoms with Crippen molar-refractivity contribution in [2.45, 2.75) is 31.7 Å². The summed E-state index contributed by atoms with van der Waals surface area (Å²) in [5.41, 5.74) is 3.90. The van der Waals surface area contributed by atoms with Gasteiger partial charge in [0.15, 0.2) is 0 Å². The number of para-hydroxylation sites is 1. The molecule has 0 spiro atoms. The van der Waals surface area contributed by atoms with Crippen molar-refractivity contribution < 1.29 is 4.79 Å². The van der Waals surface area contributed by atoms with Gasteiger partial charge in [0.2, 0.25) is 5.91 Å². The Balaban J connectivity index is 1.20. The Kier molecular flexibility index (Phi) is 5.89. The van der Waals surface area contributed by atoms with E-state index in [0.29, 0.717) is 25.4 Å². The molecule has 1 aromatic heterocycles. The second-order valence-electron chi connectivity index (χ2n) is 8.40. The quantitative estimate of drug-likeness (QED) is 0.453. The van der Waals surface area contributed by atoms with Gasteiger partial charge in [0.05, 0.1) is 18.7 Å². The Labute approximate surface area is 192 Å². The minimum Gasteiger partial charge on any atom is -0.354 e. The highest BCUT2D eigenvalue weighted by molar-refractivity contribution is 5.78. The van der Waals surface area contributed by atoms with Gasteiger partial charge in [-0.25, -0.2) is 14.0 Å². The van der Waals surface area contributed by atoms with Crippen LogP contribution in [0.2, 0.25) is 0 Å². The van der Waals surface area contributed by atoms with Gasteiger partial charge in [0.25, 0.3) is 0 Å². The fourth-order valence-corrected chi connectivity index (χ4v) is 3.99. The largest absolute Gasteiger partial charge is 0.354 e. The van der Waals surface area contributed by atoms with E-state index in [1.165, 1.54) is 4.68 Å². The van der Waals surface area contributed by atoms with E-state index >= 15 is 0 Å². The molecule has 0 saturated heterocycles. The Morgan fingerprint density at radius 1 is 0.879 bits per heavy atom.